The van der Waals surface area contributed by atoms with E-state index in [2.05, 4.69) is 29.2 Å². The number of carboxylic acid groups (broad SMARTS) is 1. The molecule has 0 bridgehead atoms. The molecule has 1 aliphatic heterocycles. The van der Waals surface area contributed by atoms with Gasteiger partial charge in [-0.3, -0.25) is 4.98 Å². The van der Waals surface area contributed by atoms with Crippen LogP contribution in [-0.4, -0.2) is 48.3 Å². The number of imidazole rings is 1. The van der Waals surface area contributed by atoms with E-state index < -0.39 is 11.8 Å². The number of aromatic nitrogens is 5. The third-order valence-corrected chi connectivity index (χ3v) is 7.45. The summed E-state index contributed by atoms with van der Waals surface area (Å²) in [6, 6.07) is 15.5. The van der Waals surface area contributed by atoms with Gasteiger partial charge in [-0.15, -0.1) is 9.24 Å². The zero-order chi connectivity index (χ0) is 28.5. The van der Waals surface area contributed by atoms with Gasteiger partial charge in [0, 0.05) is 30.9 Å². The fourth-order valence-corrected chi connectivity index (χ4v) is 5.10. The van der Waals surface area contributed by atoms with Crippen LogP contribution in [-0.2, 0) is 24.3 Å². The van der Waals surface area contributed by atoms with Crippen LogP contribution < -0.4 is 10.0 Å². The van der Waals surface area contributed by atoms with E-state index in [0.717, 1.165) is 23.0 Å². The lowest BCUT2D eigenvalue weighted by Crippen LogP contribution is -2.32. The maximum atomic E-state index is 15.6. The van der Waals surface area contributed by atoms with E-state index in [9.17, 15) is 9.90 Å². The first-order valence-corrected chi connectivity index (χ1v) is 13.7. The number of ether oxygens (including phenoxy) is 2. The molecule has 1 N–H and O–H groups in total. The number of carboxylic acids is 1. The minimum atomic E-state index is -1.12. The van der Waals surface area contributed by atoms with Crippen molar-refractivity contribution in [3.8, 4) is 17.1 Å². The molecule has 0 amide bonds. The zero-order valence-corrected chi connectivity index (χ0v) is 23.4. The van der Waals surface area contributed by atoms with Crippen molar-refractivity contribution < 1.29 is 23.8 Å². The molecule has 1 saturated heterocycles. The van der Waals surface area contributed by atoms with Gasteiger partial charge in [-0.2, -0.15) is 0 Å². The van der Waals surface area contributed by atoms with E-state index in [1.54, 1.807) is 24.4 Å². The normalized spacial score (nSPS) is 14.7. The molecule has 0 radical (unpaired) electrons. The van der Waals surface area contributed by atoms with Crippen molar-refractivity contribution in [1.29, 1.82) is 0 Å². The molecule has 9 nitrogen and oxygen atoms in total. The number of benzene rings is 1. The van der Waals surface area contributed by atoms with Crippen LogP contribution in [0.5, 0.6) is 5.88 Å². The van der Waals surface area contributed by atoms with Crippen molar-refractivity contribution >= 4 is 31.7 Å². The molecule has 1 aliphatic rings. The van der Waals surface area contributed by atoms with E-state index >= 15 is 4.39 Å². The lowest BCUT2D eigenvalue weighted by molar-refractivity contribution is -0.0590. The van der Waals surface area contributed by atoms with Crippen LogP contribution in [0.4, 0.5) is 4.39 Å². The summed E-state index contributed by atoms with van der Waals surface area (Å²) in [5.74, 6) is -0.523. The number of rotatable bonds is 9. The number of fused-ring (bicyclic) bond motifs is 1. The smallest absolute Gasteiger partial charge is 0.354 e. The van der Waals surface area contributed by atoms with Gasteiger partial charge < -0.3 is 19.1 Å². The monoisotopic (exact) mass is 571 g/mol. The fourth-order valence-electron chi connectivity index (χ4n) is 4.67. The summed E-state index contributed by atoms with van der Waals surface area (Å²) in [7, 11) is 2.66. The Hall–Kier alpha value is -4.27. The highest BCUT2D eigenvalue weighted by Crippen LogP contribution is 2.26. The molecule has 5 heterocycles. The average molecular weight is 572 g/mol. The molecule has 2 atom stereocenters. The predicted molar refractivity (Wildman–Crippen MR) is 154 cm³/mol. The average Bonchev–Trinajstić information content (AvgIpc) is 3.28. The first kappa shape index (κ1) is 26.9. The summed E-state index contributed by atoms with van der Waals surface area (Å²) in [6.45, 7) is 3.38. The Balaban J connectivity index is 1.27. The molecule has 2 unspecified atom stereocenters. The first-order valence-electron chi connectivity index (χ1n) is 13.1. The van der Waals surface area contributed by atoms with Gasteiger partial charge in [0.2, 0.25) is 5.88 Å². The van der Waals surface area contributed by atoms with E-state index in [1.165, 1.54) is 12.1 Å². The topological polar surface area (TPSA) is 112 Å². The second-order valence-electron chi connectivity index (χ2n) is 9.95. The molecular formula is C30H27FN5O4P. The second kappa shape index (κ2) is 11.3. The molecule has 11 heteroatoms. The van der Waals surface area contributed by atoms with Gasteiger partial charge in [0.05, 0.1) is 24.0 Å². The van der Waals surface area contributed by atoms with Crippen LogP contribution >= 0.6 is 9.24 Å². The Kier molecular flexibility index (Phi) is 7.43. The first-order chi connectivity index (χ1) is 19.8. The van der Waals surface area contributed by atoms with Crippen LogP contribution in [0.2, 0.25) is 0 Å². The highest BCUT2D eigenvalue weighted by molar-refractivity contribution is 7.28. The fraction of sp³-hybridized carbons (Fsp3) is 0.233. The van der Waals surface area contributed by atoms with E-state index in [0.29, 0.717) is 52.8 Å². The third-order valence-electron chi connectivity index (χ3n) is 6.98. The lowest BCUT2D eigenvalue weighted by Gasteiger charge is -2.27. The Labute approximate surface area is 237 Å². The summed E-state index contributed by atoms with van der Waals surface area (Å²) in [4.78, 5) is 29.5. The molecule has 0 spiro atoms. The van der Waals surface area contributed by atoms with Gasteiger partial charge >= 0.3 is 5.97 Å². The largest absolute Gasteiger partial charge is 0.477 e. The summed E-state index contributed by atoms with van der Waals surface area (Å²) in [5, 5.41) is 10.2. The number of hydrogen-bond donors (Lipinski definition) is 1. The minimum Gasteiger partial charge on any atom is -0.477 e. The van der Waals surface area contributed by atoms with E-state index in [1.807, 2.05) is 35.8 Å². The second-order valence-corrected chi connectivity index (χ2v) is 10.6. The number of carbonyl (C=O) groups is 1. The van der Waals surface area contributed by atoms with E-state index in [-0.39, 0.29) is 24.8 Å². The van der Waals surface area contributed by atoms with Crippen molar-refractivity contribution in [3.63, 3.8) is 0 Å². The van der Waals surface area contributed by atoms with Crippen LogP contribution in [0.1, 0.15) is 39.6 Å². The summed E-state index contributed by atoms with van der Waals surface area (Å²) in [6.07, 6.45) is 2.84. The highest BCUT2D eigenvalue weighted by atomic mass is 31.0. The Morgan fingerprint density at radius 1 is 1.17 bits per heavy atom. The standard InChI is InChI=1S/C30H27FN5O4P/c1-17-5-6-19(32-14-17)16-40-28-4-2-3-23(34-28)21-13-22(31)18(11-26(21)41)12-27-33-24-7-8-25(30(37)38)35-29(24)36(27)15-20-9-10-39-20/h2-8,11,13-14,20H,9-10,12,15-16,41H2,1H3,(H,37,38). The van der Waals surface area contributed by atoms with Crippen molar-refractivity contribution in [2.45, 2.75) is 39.0 Å². The molecule has 0 aliphatic carbocycles. The van der Waals surface area contributed by atoms with Crippen LogP contribution in [0.25, 0.3) is 22.4 Å². The molecule has 0 saturated carbocycles. The van der Waals surface area contributed by atoms with Gasteiger partial charge in [-0.05, 0) is 66.2 Å². The molecule has 41 heavy (non-hydrogen) atoms. The minimum absolute atomic E-state index is 0.0201. The number of nitrogens with zero attached hydrogens (tertiary/aromatic N) is 5. The number of aryl methyl sites for hydroxylation is 1. The van der Waals surface area contributed by atoms with E-state index in [4.69, 9.17) is 9.47 Å². The zero-order valence-electron chi connectivity index (χ0n) is 22.2. The van der Waals surface area contributed by atoms with Gasteiger partial charge in [-0.1, -0.05) is 12.1 Å². The number of aromatic carboxylic acids is 1. The number of halogens is 1. The maximum absolute atomic E-state index is 15.6. The van der Waals surface area contributed by atoms with Crippen molar-refractivity contribution in [1.82, 2.24) is 24.5 Å². The number of hydrogen-bond acceptors (Lipinski definition) is 7. The molecule has 6 rings (SSSR count). The van der Waals surface area contributed by atoms with Crippen molar-refractivity contribution in [2.24, 2.45) is 0 Å². The Morgan fingerprint density at radius 2 is 2.02 bits per heavy atom. The summed E-state index contributed by atoms with van der Waals surface area (Å²) in [5.41, 5.74) is 4.43. The Bertz CT molecular complexity index is 1750. The SMILES string of the molecule is Cc1ccc(COc2cccc(-c3cc(F)c(Cc4nc5ccc(C(=O)O)nc5n4CC4CCO4)cc3P)n2)nc1. The Morgan fingerprint density at radius 3 is 2.76 bits per heavy atom. The van der Waals surface area contributed by atoms with Crippen molar-refractivity contribution in [3.05, 3.63) is 95.0 Å². The molecule has 208 valence electrons. The van der Waals surface area contributed by atoms with Crippen LogP contribution in [0.15, 0.2) is 60.8 Å². The predicted octanol–water partition coefficient (Wildman–Crippen LogP) is 4.49. The van der Waals surface area contributed by atoms with Gasteiger partial charge in [0.15, 0.2) is 11.3 Å². The van der Waals surface area contributed by atoms with Gasteiger partial charge in [-0.25, -0.2) is 24.1 Å². The molecular weight excluding hydrogens is 544 g/mol. The molecule has 5 aromatic rings. The summed E-state index contributed by atoms with van der Waals surface area (Å²) >= 11 is 0. The summed E-state index contributed by atoms with van der Waals surface area (Å²) < 4.78 is 28.9. The van der Waals surface area contributed by atoms with Gasteiger partial charge in [0.25, 0.3) is 0 Å². The molecule has 4 aromatic heterocycles. The lowest BCUT2D eigenvalue weighted by atomic mass is 10.0. The third kappa shape index (κ3) is 5.80. The highest BCUT2D eigenvalue weighted by Gasteiger charge is 2.24. The quantitative estimate of drug-likeness (QED) is 0.258. The molecule has 1 fully saturated rings. The number of pyridine rings is 3. The van der Waals surface area contributed by atoms with Crippen LogP contribution in [0.3, 0.4) is 0 Å². The molecule has 1 aromatic carbocycles. The van der Waals surface area contributed by atoms with Crippen molar-refractivity contribution in [2.75, 3.05) is 6.61 Å². The van der Waals surface area contributed by atoms with Crippen LogP contribution in [0, 0.1) is 12.7 Å². The maximum Gasteiger partial charge on any atom is 0.354 e. The van der Waals surface area contributed by atoms with Gasteiger partial charge in [0.1, 0.15) is 23.8 Å².